The van der Waals surface area contributed by atoms with Crippen molar-refractivity contribution in [3.05, 3.63) is 41.7 Å². The van der Waals surface area contributed by atoms with Crippen molar-refractivity contribution in [3.63, 3.8) is 0 Å². The Balaban J connectivity index is 2.45. The van der Waals surface area contributed by atoms with Gasteiger partial charge in [0.05, 0.1) is 0 Å². The quantitative estimate of drug-likeness (QED) is 0.518. The molecule has 2 aromatic rings. The number of nitrogens with zero attached hydrogens (tertiary/aromatic N) is 1. The molecule has 1 aliphatic carbocycles. The summed E-state index contributed by atoms with van der Waals surface area (Å²) in [5.41, 5.74) is 7.53. The molecule has 1 aliphatic rings. The molecular weight excluding hydrogens is 170 g/mol. The predicted octanol–water partition coefficient (Wildman–Crippen LogP) is 3.35. The second-order valence-electron chi connectivity index (χ2n) is 3.85. The Morgan fingerprint density at radius 2 is 1.79 bits per heavy atom. The molecule has 0 saturated heterocycles. The molecule has 1 nitrogen and oxygen atoms in total. The first-order valence-corrected chi connectivity index (χ1v) is 4.85. The van der Waals surface area contributed by atoms with Gasteiger partial charge in [-0.2, -0.15) is 0 Å². The van der Waals surface area contributed by atoms with E-state index in [4.69, 9.17) is 0 Å². The van der Waals surface area contributed by atoms with Crippen LogP contribution in [-0.2, 0) is 0 Å². The summed E-state index contributed by atoms with van der Waals surface area (Å²) in [6.07, 6.45) is 0. The van der Waals surface area contributed by atoms with E-state index in [0.29, 0.717) is 0 Å². The average molecular weight is 181 g/mol. The van der Waals surface area contributed by atoms with Crippen LogP contribution in [0.2, 0.25) is 0 Å². The van der Waals surface area contributed by atoms with Crippen molar-refractivity contribution in [2.45, 2.75) is 13.8 Å². The maximum Gasteiger partial charge on any atom is 0.0460 e. The molecular formula is C13H11N. The summed E-state index contributed by atoms with van der Waals surface area (Å²) in [4.78, 5) is 4.50. The fraction of sp³-hybridized carbons (Fsp3) is 0.154. The zero-order valence-electron chi connectivity index (χ0n) is 8.33. The third kappa shape index (κ3) is 0.869. The Labute approximate surface area is 83.4 Å². The van der Waals surface area contributed by atoms with Gasteiger partial charge in [0.2, 0.25) is 0 Å². The number of hydrogen-bond donors (Lipinski definition) is 0. The summed E-state index contributed by atoms with van der Waals surface area (Å²) in [5, 5.41) is 0. The van der Waals surface area contributed by atoms with Crippen LogP contribution in [-0.4, -0.2) is 4.98 Å². The lowest BCUT2D eigenvalue weighted by Gasteiger charge is -2.05. The summed E-state index contributed by atoms with van der Waals surface area (Å²) in [6.45, 7) is 4.13. The lowest BCUT2D eigenvalue weighted by Crippen LogP contribution is -1.89. The Hall–Kier alpha value is -1.63. The molecule has 68 valence electrons. The lowest BCUT2D eigenvalue weighted by atomic mass is 10.0. The normalized spacial score (nSPS) is 11.6. The number of fused-ring (bicyclic) bond motifs is 5. The molecule has 1 aromatic carbocycles. The van der Waals surface area contributed by atoms with Gasteiger partial charge < -0.3 is 0 Å². The van der Waals surface area contributed by atoms with E-state index in [9.17, 15) is 0 Å². The highest BCUT2D eigenvalue weighted by Gasteiger charge is 2.18. The van der Waals surface area contributed by atoms with Crippen LogP contribution in [0.4, 0.5) is 0 Å². The Morgan fingerprint density at radius 1 is 1.00 bits per heavy atom. The third-order valence-corrected chi connectivity index (χ3v) is 2.79. The number of pyridine rings is 1. The van der Waals surface area contributed by atoms with Crippen molar-refractivity contribution < 1.29 is 0 Å². The molecule has 0 N–H and O–H groups in total. The minimum Gasteiger partial charge on any atom is -0.258 e. The Bertz CT molecular complexity index is 527. The summed E-state index contributed by atoms with van der Waals surface area (Å²) in [7, 11) is 0. The van der Waals surface area contributed by atoms with Gasteiger partial charge in [-0.1, -0.05) is 18.2 Å². The number of hydrogen-bond acceptors (Lipinski definition) is 1. The van der Waals surface area contributed by atoms with Gasteiger partial charge in [0.15, 0.2) is 0 Å². The standard InChI is InChI=1S/C13H11N/c1-8-6-12-10-4-3-5-11(7-10)13(12)9(2)14-8/h3-7H,1-2H3. The van der Waals surface area contributed by atoms with Gasteiger partial charge in [0.1, 0.15) is 0 Å². The first-order valence-electron chi connectivity index (χ1n) is 4.85. The van der Waals surface area contributed by atoms with Crippen molar-refractivity contribution in [3.8, 4) is 22.3 Å². The van der Waals surface area contributed by atoms with Gasteiger partial charge in [0.25, 0.3) is 0 Å². The van der Waals surface area contributed by atoms with E-state index in [2.05, 4.69) is 42.2 Å². The van der Waals surface area contributed by atoms with Crippen LogP contribution >= 0.6 is 0 Å². The maximum atomic E-state index is 4.50. The van der Waals surface area contributed by atoms with E-state index in [-0.39, 0.29) is 0 Å². The van der Waals surface area contributed by atoms with Crippen molar-refractivity contribution in [1.29, 1.82) is 0 Å². The number of aryl methyl sites for hydroxylation is 2. The van der Waals surface area contributed by atoms with E-state index in [1.54, 1.807) is 0 Å². The summed E-state index contributed by atoms with van der Waals surface area (Å²) >= 11 is 0. The summed E-state index contributed by atoms with van der Waals surface area (Å²) in [5.74, 6) is 0. The molecule has 0 saturated carbocycles. The Kier molecular flexibility index (Phi) is 1.35. The van der Waals surface area contributed by atoms with Gasteiger partial charge in [-0.15, -0.1) is 0 Å². The van der Waals surface area contributed by atoms with E-state index in [0.717, 1.165) is 11.4 Å². The molecule has 0 fully saturated rings. The third-order valence-electron chi connectivity index (χ3n) is 2.79. The second kappa shape index (κ2) is 2.44. The molecule has 1 heterocycles. The monoisotopic (exact) mass is 181 g/mol. The minimum absolute atomic E-state index is 1.10. The summed E-state index contributed by atoms with van der Waals surface area (Å²) in [6, 6.07) is 10.8. The number of aromatic nitrogens is 1. The number of benzene rings is 1. The predicted molar refractivity (Wildman–Crippen MR) is 58.1 cm³/mol. The van der Waals surface area contributed by atoms with Gasteiger partial charge in [-0.05, 0) is 42.7 Å². The minimum atomic E-state index is 1.10. The fourth-order valence-electron chi connectivity index (χ4n) is 2.26. The van der Waals surface area contributed by atoms with Crippen LogP contribution < -0.4 is 0 Å². The molecule has 0 aliphatic heterocycles. The summed E-state index contributed by atoms with van der Waals surface area (Å²) < 4.78 is 0. The molecule has 0 amide bonds. The molecule has 0 spiro atoms. The van der Waals surface area contributed by atoms with Crippen molar-refractivity contribution in [1.82, 2.24) is 4.98 Å². The average Bonchev–Trinajstić information content (AvgIpc) is 2.39. The maximum absolute atomic E-state index is 4.50. The lowest BCUT2D eigenvalue weighted by molar-refractivity contribution is 1.13. The SMILES string of the molecule is Cc1cc2c(c(C)n1)-c1cccc-2c1. The van der Waals surface area contributed by atoms with Gasteiger partial charge in [-0.3, -0.25) is 4.98 Å². The zero-order valence-corrected chi connectivity index (χ0v) is 8.33. The van der Waals surface area contributed by atoms with E-state index >= 15 is 0 Å². The highest BCUT2D eigenvalue weighted by Crippen LogP contribution is 2.41. The first-order chi connectivity index (χ1) is 6.75. The molecule has 1 aromatic heterocycles. The van der Waals surface area contributed by atoms with Crippen LogP contribution in [0.15, 0.2) is 30.3 Å². The van der Waals surface area contributed by atoms with Crippen molar-refractivity contribution in [2.75, 3.05) is 0 Å². The second-order valence-corrected chi connectivity index (χ2v) is 3.85. The highest BCUT2D eigenvalue weighted by molar-refractivity contribution is 5.92. The molecule has 0 unspecified atom stereocenters. The van der Waals surface area contributed by atoms with Gasteiger partial charge in [0, 0.05) is 17.0 Å². The van der Waals surface area contributed by atoms with Gasteiger partial charge in [-0.25, -0.2) is 0 Å². The molecule has 2 bridgehead atoms. The fourth-order valence-corrected chi connectivity index (χ4v) is 2.26. The zero-order chi connectivity index (χ0) is 9.71. The van der Waals surface area contributed by atoms with Crippen LogP contribution in [0.3, 0.4) is 0 Å². The largest absolute Gasteiger partial charge is 0.258 e. The van der Waals surface area contributed by atoms with Crippen LogP contribution in [0.1, 0.15) is 11.4 Å². The van der Waals surface area contributed by atoms with E-state index < -0.39 is 0 Å². The van der Waals surface area contributed by atoms with Crippen molar-refractivity contribution in [2.24, 2.45) is 0 Å². The van der Waals surface area contributed by atoms with E-state index in [1.807, 2.05) is 6.92 Å². The van der Waals surface area contributed by atoms with Crippen LogP contribution in [0.25, 0.3) is 22.3 Å². The molecule has 3 rings (SSSR count). The Morgan fingerprint density at radius 3 is 2.64 bits per heavy atom. The molecule has 0 radical (unpaired) electrons. The number of rotatable bonds is 0. The van der Waals surface area contributed by atoms with Crippen LogP contribution in [0.5, 0.6) is 0 Å². The van der Waals surface area contributed by atoms with Gasteiger partial charge >= 0.3 is 0 Å². The highest BCUT2D eigenvalue weighted by atomic mass is 14.7. The molecule has 14 heavy (non-hydrogen) atoms. The molecule has 0 atom stereocenters. The van der Waals surface area contributed by atoms with Crippen LogP contribution in [0, 0.1) is 13.8 Å². The smallest absolute Gasteiger partial charge is 0.0460 e. The van der Waals surface area contributed by atoms with E-state index in [1.165, 1.54) is 22.3 Å². The topological polar surface area (TPSA) is 12.9 Å². The molecule has 1 heteroatoms. The first kappa shape index (κ1) is 7.74. The van der Waals surface area contributed by atoms with Crippen molar-refractivity contribution >= 4 is 0 Å².